The van der Waals surface area contributed by atoms with Gasteiger partial charge in [0.15, 0.2) is 5.96 Å². The molecule has 2 aromatic rings. The van der Waals surface area contributed by atoms with Crippen LogP contribution in [0.4, 0.5) is 0 Å². The van der Waals surface area contributed by atoms with E-state index in [9.17, 15) is 4.79 Å². The van der Waals surface area contributed by atoms with Gasteiger partial charge in [0, 0.05) is 25.2 Å². The van der Waals surface area contributed by atoms with Crippen LogP contribution in [-0.2, 0) is 6.54 Å². The number of nitrogens with one attached hydrogen (secondary N) is 2. The molecule has 1 aliphatic rings. The summed E-state index contributed by atoms with van der Waals surface area (Å²) in [5, 5.41) is 6.55. The quantitative estimate of drug-likeness (QED) is 0.222. The average molecular weight is 550 g/mol. The van der Waals surface area contributed by atoms with Gasteiger partial charge >= 0.3 is 0 Å². The predicted octanol–water partition coefficient (Wildman–Crippen LogP) is 4.37. The Morgan fingerprint density at radius 3 is 2.34 bits per heavy atom. The van der Waals surface area contributed by atoms with Crippen LogP contribution in [0.3, 0.4) is 0 Å². The molecule has 0 unspecified atom stereocenters. The van der Waals surface area contributed by atoms with Crippen molar-refractivity contribution in [1.29, 1.82) is 0 Å². The number of carbonyl (C=O) groups excluding carboxylic acids is 1. The van der Waals surface area contributed by atoms with E-state index in [-0.39, 0.29) is 29.9 Å². The summed E-state index contributed by atoms with van der Waals surface area (Å²) in [5.74, 6) is 1.76. The Morgan fingerprint density at radius 2 is 1.69 bits per heavy atom. The summed E-state index contributed by atoms with van der Waals surface area (Å²) in [5.41, 5.74) is 3.05. The minimum absolute atomic E-state index is 0. The standard InChI is InChI=1S/C25H34N4O2.HI/c1-3-26-25(27-15-18-31-23-13-7-20(2)8-14-23)28-19-21-9-11-22(12-10-21)24(30)29-16-5-4-6-17-29;/h7-14H,3-6,15-19H2,1-2H3,(H2,26,27,28);1H. The molecule has 1 heterocycles. The van der Waals surface area contributed by atoms with Crippen LogP contribution in [0.15, 0.2) is 53.5 Å². The Morgan fingerprint density at radius 1 is 1.00 bits per heavy atom. The third-order valence-electron chi connectivity index (χ3n) is 5.29. The van der Waals surface area contributed by atoms with Crippen molar-refractivity contribution in [2.45, 2.75) is 39.7 Å². The molecule has 6 nitrogen and oxygen atoms in total. The van der Waals surface area contributed by atoms with Crippen molar-refractivity contribution in [3.05, 3.63) is 65.2 Å². The van der Waals surface area contributed by atoms with Crippen LogP contribution in [0.2, 0.25) is 0 Å². The maximum Gasteiger partial charge on any atom is 0.253 e. The average Bonchev–Trinajstić information content (AvgIpc) is 2.82. The van der Waals surface area contributed by atoms with Gasteiger partial charge < -0.3 is 20.3 Å². The lowest BCUT2D eigenvalue weighted by molar-refractivity contribution is 0.0724. The topological polar surface area (TPSA) is 66.0 Å². The number of hydrogen-bond donors (Lipinski definition) is 2. The normalized spacial score (nSPS) is 13.8. The molecule has 1 amide bonds. The van der Waals surface area contributed by atoms with Crippen molar-refractivity contribution in [3.8, 4) is 5.75 Å². The van der Waals surface area contributed by atoms with E-state index in [0.29, 0.717) is 19.7 Å². The number of piperidine rings is 1. The summed E-state index contributed by atoms with van der Waals surface area (Å²) in [4.78, 5) is 19.2. The number of aryl methyl sites for hydroxylation is 1. The van der Waals surface area contributed by atoms with Gasteiger partial charge in [-0.25, -0.2) is 4.99 Å². The first kappa shape index (κ1) is 26.0. The van der Waals surface area contributed by atoms with Crippen LogP contribution in [0, 0.1) is 6.92 Å². The van der Waals surface area contributed by atoms with Crippen molar-refractivity contribution in [2.24, 2.45) is 4.99 Å². The largest absolute Gasteiger partial charge is 0.492 e. The SMILES string of the molecule is CCNC(=NCc1ccc(C(=O)N2CCCCC2)cc1)NCCOc1ccc(C)cc1.I. The summed E-state index contributed by atoms with van der Waals surface area (Å²) in [6, 6.07) is 15.9. The van der Waals surface area contributed by atoms with E-state index >= 15 is 0 Å². The molecule has 32 heavy (non-hydrogen) atoms. The number of likely N-dealkylation sites (tertiary alicyclic amines) is 1. The first-order valence-electron chi connectivity index (χ1n) is 11.3. The van der Waals surface area contributed by atoms with Crippen LogP contribution in [0.25, 0.3) is 0 Å². The van der Waals surface area contributed by atoms with Gasteiger partial charge in [-0.3, -0.25) is 4.79 Å². The van der Waals surface area contributed by atoms with Gasteiger partial charge in [0.05, 0.1) is 13.1 Å². The molecule has 174 valence electrons. The molecule has 1 aliphatic heterocycles. The van der Waals surface area contributed by atoms with E-state index in [1.807, 2.05) is 60.4 Å². The zero-order valence-corrected chi connectivity index (χ0v) is 21.4. The number of hydrogen-bond acceptors (Lipinski definition) is 3. The lowest BCUT2D eigenvalue weighted by Crippen LogP contribution is -2.39. The second-order valence-corrected chi connectivity index (χ2v) is 7.83. The van der Waals surface area contributed by atoms with E-state index in [1.165, 1.54) is 12.0 Å². The number of rotatable bonds is 8. The number of halogens is 1. The fourth-order valence-corrected chi connectivity index (χ4v) is 3.52. The van der Waals surface area contributed by atoms with Gasteiger partial charge in [-0.1, -0.05) is 29.8 Å². The molecule has 0 spiro atoms. The number of benzene rings is 2. The van der Waals surface area contributed by atoms with Crippen LogP contribution in [0.1, 0.15) is 47.7 Å². The van der Waals surface area contributed by atoms with Crippen LogP contribution in [0.5, 0.6) is 5.75 Å². The molecule has 1 fully saturated rings. The zero-order chi connectivity index (χ0) is 21.9. The van der Waals surface area contributed by atoms with Gasteiger partial charge in [0.25, 0.3) is 5.91 Å². The summed E-state index contributed by atoms with van der Waals surface area (Å²) in [6.45, 7) is 8.39. The monoisotopic (exact) mass is 550 g/mol. The zero-order valence-electron chi connectivity index (χ0n) is 19.1. The number of nitrogens with zero attached hydrogens (tertiary/aromatic N) is 2. The molecule has 0 bridgehead atoms. The summed E-state index contributed by atoms with van der Waals surface area (Å²) in [6.07, 6.45) is 3.44. The Bertz CT molecular complexity index is 847. The second kappa shape index (κ2) is 14.0. The van der Waals surface area contributed by atoms with E-state index in [4.69, 9.17) is 4.74 Å². The van der Waals surface area contributed by atoms with Crippen LogP contribution in [-0.4, -0.2) is 49.6 Å². The summed E-state index contributed by atoms with van der Waals surface area (Å²) < 4.78 is 5.76. The van der Waals surface area contributed by atoms with Crippen LogP contribution >= 0.6 is 24.0 Å². The van der Waals surface area contributed by atoms with Crippen molar-refractivity contribution in [1.82, 2.24) is 15.5 Å². The fraction of sp³-hybridized carbons (Fsp3) is 0.440. The molecule has 2 aromatic carbocycles. The van der Waals surface area contributed by atoms with Gasteiger partial charge in [-0.2, -0.15) is 0 Å². The van der Waals surface area contributed by atoms with E-state index in [2.05, 4.69) is 22.5 Å². The first-order valence-corrected chi connectivity index (χ1v) is 11.3. The van der Waals surface area contributed by atoms with Gasteiger partial charge in [0.2, 0.25) is 0 Å². The molecular formula is C25H35IN4O2. The first-order chi connectivity index (χ1) is 15.2. The van der Waals surface area contributed by atoms with Gasteiger partial charge in [-0.15, -0.1) is 24.0 Å². The van der Waals surface area contributed by atoms with Crippen molar-refractivity contribution >= 4 is 35.8 Å². The number of guanidine groups is 1. The lowest BCUT2D eigenvalue weighted by Gasteiger charge is -2.26. The smallest absolute Gasteiger partial charge is 0.253 e. The Balaban J connectivity index is 0.00000363. The molecule has 1 saturated heterocycles. The Hall–Kier alpha value is -2.29. The van der Waals surface area contributed by atoms with Crippen molar-refractivity contribution in [3.63, 3.8) is 0 Å². The third-order valence-corrected chi connectivity index (χ3v) is 5.29. The molecule has 0 saturated carbocycles. The van der Waals surface area contributed by atoms with E-state index in [0.717, 1.165) is 55.3 Å². The highest BCUT2D eigenvalue weighted by Gasteiger charge is 2.17. The summed E-state index contributed by atoms with van der Waals surface area (Å²) in [7, 11) is 0. The molecule has 3 rings (SSSR count). The molecular weight excluding hydrogens is 515 g/mol. The van der Waals surface area contributed by atoms with E-state index in [1.54, 1.807) is 0 Å². The van der Waals surface area contributed by atoms with E-state index < -0.39 is 0 Å². The highest BCUT2D eigenvalue weighted by Crippen LogP contribution is 2.14. The fourth-order valence-electron chi connectivity index (χ4n) is 3.52. The van der Waals surface area contributed by atoms with Gasteiger partial charge in [0.1, 0.15) is 12.4 Å². The number of carbonyl (C=O) groups is 1. The third kappa shape index (κ3) is 8.33. The Kier molecular flexibility index (Phi) is 11.3. The van der Waals surface area contributed by atoms with Gasteiger partial charge in [-0.05, 0) is 62.9 Å². The summed E-state index contributed by atoms with van der Waals surface area (Å²) >= 11 is 0. The van der Waals surface area contributed by atoms with Crippen molar-refractivity contribution < 1.29 is 9.53 Å². The van der Waals surface area contributed by atoms with Crippen molar-refractivity contribution in [2.75, 3.05) is 32.8 Å². The number of ether oxygens (including phenoxy) is 1. The predicted molar refractivity (Wildman–Crippen MR) is 141 cm³/mol. The lowest BCUT2D eigenvalue weighted by atomic mass is 10.1. The molecule has 0 radical (unpaired) electrons. The highest BCUT2D eigenvalue weighted by molar-refractivity contribution is 14.0. The number of amides is 1. The highest BCUT2D eigenvalue weighted by atomic mass is 127. The van der Waals surface area contributed by atoms with Crippen LogP contribution < -0.4 is 15.4 Å². The maximum absolute atomic E-state index is 12.6. The number of aliphatic imine (C=N–C) groups is 1. The molecule has 7 heteroatoms. The maximum atomic E-state index is 12.6. The minimum Gasteiger partial charge on any atom is -0.492 e. The molecule has 0 aromatic heterocycles. The molecule has 2 N–H and O–H groups in total. The molecule has 0 aliphatic carbocycles. The second-order valence-electron chi connectivity index (χ2n) is 7.83. The minimum atomic E-state index is 0. The molecule has 0 atom stereocenters. The Labute approximate surface area is 208 Å².